The Morgan fingerprint density at radius 3 is 2.79 bits per heavy atom. The second kappa shape index (κ2) is 8.41. The zero-order chi connectivity index (χ0) is 17.6. The van der Waals surface area contributed by atoms with E-state index in [4.69, 9.17) is 5.73 Å². The van der Waals surface area contributed by atoms with Crippen molar-refractivity contribution in [3.05, 3.63) is 42.5 Å². The summed E-state index contributed by atoms with van der Waals surface area (Å²) >= 11 is 0. The highest BCUT2D eigenvalue weighted by Gasteiger charge is 2.26. The molecule has 1 aliphatic rings. The van der Waals surface area contributed by atoms with Crippen LogP contribution in [-0.4, -0.2) is 33.5 Å². The van der Waals surface area contributed by atoms with Crippen molar-refractivity contribution >= 4 is 15.9 Å². The lowest BCUT2D eigenvalue weighted by Gasteiger charge is -2.31. The molecule has 7 heteroatoms. The van der Waals surface area contributed by atoms with Crippen molar-refractivity contribution in [3.8, 4) is 0 Å². The summed E-state index contributed by atoms with van der Waals surface area (Å²) in [6.07, 6.45) is 5.59. The smallest absolute Gasteiger partial charge is 0.251 e. The molecule has 6 nitrogen and oxygen atoms in total. The molecule has 0 aliphatic heterocycles. The Bertz CT molecular complexity index is 688. The fourth-order valence-corrected chi connectivity index (χ4v) is 4.03. The van der Waals surface area contributed by atoms with Gasteiger partial charge < -0.3 is 11.1 Å². The highest BCUT2D eigenvalue weighted by atomic mass is 32.2. The van der Waals surface area contributed by atoms with Crippen LogP contribution in [0.4, 0.5) is 0 Å². The second-order valence-electron chi connectivity index (χ2n) is 6.03. The van der Waals surface area contributed by atoms with Crippen molar-refractivity contribution in [2.45, 2.75) is 36.6 Å². The largest absolute Gasteiger partial charge is 0.349 e. The van der Waals surface area contributed by atoms with Crippen LogP contribution in [0.25, 0.3) is 0 Å². The second-order valence-corrected chi connectivity index (χ2v) is 7.80. The molecule has 1 amide bonds. The molecule has 1 aromatic rings. The quantitative estimate of drug-likeness (QED) is 0.646. The monoisotopic (exact) mass is 351 g/mol. The average Bonchev–Trinajstić information content (AvgIpc) is 2.60. The average molecular weight is 351 g/mol. The standard InChI is InChI=1S/C17H25N3O3S/c1-2-10-19-24(22,23)15-8-5-7-13(11-15)17(21)20-16-9-4-3-6-14(16)12-18/h2,5,7-8,11,14,16,19H,1,3-4,6,9-10,12,18H2,(H,20,21). The van der Waals surface area contributed by atoms with Gasteiger partial charge in [0.05, 0.1) is 4.90 Å². The van der Waals surface area contributed by atoms with Crippen molar-refractivity contribution in [3.63, 3.8) is 0 Å². The molecule has 1 saturated carbocycles. The van der Waals surface area contributed by atoms with Crippen LogP contribution in [-0.2, 0) is 10.0 Å². The summed E-state index contributed by atoms with van der Waals surface area (Å²) in [5, 5.41) is 3.01. The fraction of sp³-hybridized carbons (Fsp3) is 0.471. The zero-order valence-electron chi connectivity index (χ0n) is 13.7. The lowest BCUT2D eigenvalue weighted by atomic mass is 9.84. The highest BCUT2D eigenvalue weighted by Crippen LogP contribution is 2.24. The lowest BCUT2D eigenvalue weighted by molar-refractivity contribution is 0.0908. The van der Waals surface area contributed by atoms with Crippen molar-refractivity contribution in [2.75, 3.05) is 13.1 Å². The van der Waals surface area contributed by atoms with E-state index in [1.807, 2.05) is 0 Å². The number of amides is 1. The minimum absolute atomic E-state index is 0.0513. The van der Waals surface area contributed by atoms with E-state index < -0.39 is 10.0 Å². The predicted octanol–water partition coefficient (Wildman–Crippen LogP) is 1.40. The fourth-order valence-electron chi connectivity index (χ4n) is 2.99. The van der Waals surface area contributed by atoms with Crippen molar-refractivity contribution in [2.24, 2.45) is 11.7 Å². The number of nitrogens with two attached hydrogens (primary N) is 1. The molecule has 1 fully saturated rings. The van der Waals surface area contributed by atoms with Crippen LogP contribution in [0.1, 0.15) is 36.0 Å². The Kier molecular flexibility index (Phi) is 6.53. The summed E-state index contributed by atoms with van der Waals surface area (Å²) in [5.41, 5.74) is 6.12. The van der Waals surface area contributed by atoms with Gasteiger partial charge in [0.2, 0.25) is 10.0 Å². The number of sulfonamides is 1. The van der Waals surface area contributed by atoms with Crippen LogP contribution >= 0.6 is 0 Å². The number of rotatable bonds is 7. The number of nitrogens with one attached hydrogen (secondary N) is 2. The molecule has 0 heterocycles. The van der Waals surface area contributed by atoms with E-state index in [2.05, 4.69) is 16.6 Å². The van der Waals surface area contributed by atoms with E-state index in [0.29, 0.717) is 12.1 Å². The maximum atomic E-state index is 12.5. The third kappa shape index (κ3) is 4.66. The van der Waals surface area contributed by atoms with Crippen molar-refractivity contribution in [1.29, 1.82) is 0 Å². The van der Waals surface area contributed by atoms with E-state index >= 15 is 0 Å². The maximum absolute atomic E-state index is 12.5. The molecule has 2 rings (SSSR count). The third-order valence-electron chi connectivity index (χ3n) is 4.35. The Morgan fingerprint density at radius 1 is 1.33 bits per heavy atom. The molecule has 0 saturated heterocycles. The first-order valence-electron chi connectivity index (χ1n) is 8.19. The van der Waals surface area contributed by atoms with E-state index in [1.54, 1.807) is 12.1 Å². The molecule has 4 N–H and O–H groups in total. The van der Waals surface area contributed by atoms with Crippen LogP contribution in [0.2, 0.25) is 0 Å². The van der Waals surface area contributed by atoms with E-state index in [9.17, 15) is 13.2 Å². The van der Waals surface area contributed by atoms with Gasteiger partial charge in [0.25, 0.3) is 5.91 Å². The highest BCUT2D eigenvalue weighted by molar-refractivity contribution is 7.89. The molecule has 2 unspecified atom stereocenters. The molecule has 2 atom stereocenters. The van der Waals surface area contributed by atoms with Gasteiger partial charge in [-0.3, -0.25) is 4.79 Å². The molecule has 1 aliphatic carbocycles. The van der Waals surface area contributed by atoms with Gasteiger partial charge in [0, 0.05) is 18.2 Å². The molecular formula is C17H25N3O3S. The number of carbonyl (C=O) groups is 1. The Labute approximate surface area is 143 Å². The Morgan fingerprint density at radius 2 is 2.08 bits per heavy atom. The molecule has 0 aromatic heterocycles. The Balaban J connectivity index is 2.12. The summed E-state index contributed by atoms with van der Waals surface area (Å²) < 4.78 is 26.7. The summed E-state index contributed by atoms with van der Waals surface area (Å²) in [6.45, 7) is 4.17. The minimum Gasteiger partial charge on any atom is -0.349 e. The summed E-state index contributed by atoms with van der Waals surface area (Å²) in [4.78, 5) is 12.6. The van der Waals surface area contributed by atoms with E-state index in [0.717, 1.165) is 25.7 Å². The molecular weight excluding hydrogens is 326 g/mol. The topological polar surface area (TPSA) is 101 Å². The zero-order valence-corrected chi connectivity index (χ0v) is 14.5. The molecule has 1 aromatic carbocycles. The first-order chi connectivity index (χ1) is 11.5. The lowest BCUT2D eigenvalue weighted by Crippen LogP contribution is -2.44. The van der Waals surface area contributed by atoms with Crippen molar-refractivity contribution in [1.82, 2.24) is 10.0 Å². The molecule has 132 valence electrons. The van der Waals surface area contributed by atoms with Gasteiger partial charge in [-0.1, -0.05) is 25.0 Å². The SMILES string of the molecule is C=CCNS(=O)(=O)c1cccc(C(=O)NC2CCCCC2CN)c1. The number of benzene rings is 1. The summed E-state index contributed by atoms with van der Waals surface area (Å²) in [7, 11) is -3.65. The first-order valence-corrected chi connectivity index (χ1v) is 9.68. The molecule has 0 radical (unpaired) electrons. The van der Waals surface area contributed by atoms with E-state index in [-0.39, 0.29) is 29.3 Å². The minimum atomic E-state index is -3.65. The summed E-state index contributed by atoms with van der Waals surface area (Å²) in [6, 6.07) is 6.09. The van der Waals surface area contributed by atoms with Gasteiger partial charge in [-0.05, 0) is 43.5 Å². The van der Waals surface area contributed by atoms with Crippen molar-refractivity contribution < 1.29 is 13.2 Å². The van der Waals surface area contributed by atoms with E-state index in [1.165, 1.54) is 18.2 Å². The van der Waals surface area contributed by atoms with Crippen LogP contribution in [0.3, 0.4) is 0 Å². The van der Waals surface area contributed by atoms with Crippen LogP contribution < -0.4 is 15.8 Å². The number of hydrogen-bond donors (Lipinski definition) is 3. The normalized spacial score (nSPS) is 21.2. The van der Waals surface area contributed by atoms with Crippen LogP contribution in [0.5, 0.6) is 0 Å². The van der Waals surface area contributed by atoms with Gasteiger partial charge in [-0.2, -0.15) is 0 Å². The molecule has 0 bridgehead atoms. The molecule has 24 heavy (non-hydrogen) atoms. The number of hydrogen-bond acceptors (Lipinski definition) is 4. The van der Waals surface area contributed by atoms with Crippen LogP contribution in [0, 0.1) is 5.92 Å². The third-order valence-corrected chi connectivity index (χ3v) is 5.77. The van der Waals surface area contributed by atoms with Gasteiger partial charge >= 0.3 is 0 Å². The Hall–Kier alpha value is -1.70. The van der Waals surface area contributed by atoms with Gasteiger partial charge in [0.15, 0.2) is 0 Å². The van der Waals surface area contributed by atoms with Gasteiger partial charge in [0.1, 0.15) is 0 Å². The number of carbonyl (C=O) groups excluding carboxylic acids is 1. The molecule has 0 spiro atoms. The van der Waals surface area contributed by atoms with Gasteiger partial charge in [-0.25, -0.2) is 13.1 Å². The van der Waals surface area contributed by atoms with Gasteiger partial charge in [-0.15, -0.1) is 6.58 Å². The summed E-state index contributed by atoms with van der Waals surface area (Å²) in [5.74, 6) is 0.0185. The maximum Gasteiger partial charge on any atom is 0.251 e. The predicted molar refractivity (Wildman–Crippen MR) is 94.1 cm³/mol. The van der Waals surface area contributed by atoms with Crippen LogP contribution in [0.15, 0.2) is 41.8 Å². The first kappa shape index (κ1) is 18.6.